The average molecular weight is 279 g/mol. The zero-order chi connectivity index (χ0) is 14.5. The third-order valence-corrected chi connectivity index (χ3v) is 2.96. The summed E-state index contributed by atoms with van der Waals surface area (Å²) < 4.78 is 40.4. The second-order valence-electron chi connectivity index (χ2n) is 4.65. The highest BCUT2D eigenvalue weighted by Crippen LogP contribution is 2.25. The van der Waals surface area contributed by atoms with E-state index in [1.54, 1.807) is 12.1 Å². The lowest BCUT2D eigenvalue weighted by Gasteiger charge is -2.08. The van der Waals surface area contributed by atoms with Gasteiger partial charge in [-0.3, -0.25) is 0 Å². The first kappa shape index (κ1) is 14.6. The molecule has 2 aromatic rings. The Morgan fingerprint density at radius 3 is 2.25 bits per heavy atom. The highest BCUT2D eigenvalue weighted by Gasteiger charge is 2.09. The summed E-state index contributed by atoms with van der Waals surface area (Å²) in [6.07, 6.45) is 1.00. The standard InChI is InChI=1S/C16H16F3N/c1-2-5-20-10-11-3-4-15(16(19)6-11)12-7-13(17)9-14(18)8-12/h3-4,6-9,20H,2,5,10H2,1H3. The van der Waals surface area contributed by atoms with Gasteiger partial charge < -0.3 is 5.32 Å². The molecule has 0 atom stereocenters. The number of hydrogen-bond acceptors (Lipinski definition) is 1. The van der Waals surface area contributed by atoms with E-state index in [1.165, 1.54) is 6.07 Å². The lowest BCUT2D eigenvalue weighted by atomic mass is 10.0. The monoisotopic (exact) mass is 279 g/mol. The Morgan fingerprint density at radius 2 is 1.65 bits per heavy atom. The van der Waals surface area contributed by atoms with Crippen LogP contribution in [0.15, 0.2) is 36.4 Å². The number of nitrogens with one attached hydrogen (secondary N) is 1. The molecule has 0 aliphatic heterocycles. The van der Waals surface area contributed by atoms with Crippen molar-refractivity contribution in [2.45, 2.75) is 19.9 Å². The molecule has 0 heterocycles. The molecule has 1 N–H and O–H groups in total. The van der Waals surface area contributed by atoms with Gasteiger partial charge in [0.2, 0.25) is 0 Å². The molecule has 4 heteroatoms. The van der Waals surface area contributed by atoms with Gasteiger partial charge in [0.05, 0.1) is 0 Å². The molecule has 0 saturated carbocycles. The number of benzene rings is 2. The molecule has 2 rings (SSSR count). The van der Waals surface area contributed by atoms with E-state index in [0.29, 0.717) is 6.54 Å². The van der Waals surface area contributed by atoms with E-state index in [0.717, 1.165) is 36.7 Å². The fourth-order valence-electron chi connectivity index (χ4n) is 2.02. The van der Waals surface area contributed by atoms with Crippen molar-refractivity contribution in [1.82, 2.24) is 5.32 Å². The highest BCUT2D eigenvalue weighted by atomic mass is 19.1. The lowest BCUT2D eigenvalue weighted by molar-refractivity contribution is 0.583. The Balaban J connectivity index is 2.25. The summed E-state index contributed by atoms with van der Waals surface area (Å²) in [5, 5.41) is 3.17. The summed E-state index contributed by atoms with van der Waals surface area (Å²) in [4.78, 5) is 0. The molecule has 2 aromatic carbocycles. The summed E-state index contributed by atoms with van der Waals surface area (Å²) in [7, 11) is 0. The Bertz CT molecular complexity index is 576. The molecule has 0 spiro atoms. The van der Waals surface area contributed by atoms with Crippen molar-refractivity contribution in [1.29, 1.82) is 0 Å². The Labute approximate surface area is 116 Å². The van der Waals surface area contributed by atoms with Crippen LogP contribution in [-0.4, -0.2) is 6.54 Å². The summed E-state index contributed by atoms with van der Waals surface area (Å²) in [5.41, 5.74) is 1.20. The van der Waals surface area contributed by atoms with Gasteiger partial charge in [0.15, 0.2) is 0 Å². The smallest absolute Gasteiger partial charge is 0.131 e. The Morgan fingerprint density at radius 1 is 0.950 bits per heavy atom. The lowest BCUT2D eigenvalue weighted by Crippen LogP contribution is -2.13. The van der Waals surface area contributed by atoms with Gasteiger partial charge in [0.1, 0.15) is 17.5 Å². The predicted molar refractivity (Wildman–Crippen MR) is 73.7 cm³/mol. The van der Waals surface area contributed by atoms with Gasteiger partial charge in [0.25, 0.3) is 0 Å². The van der Waals surface area contributed by atoms with E-state index >= 15 is 0 Å². The second-order valence-corrected chi connectivity index (χ2v) is 4.65. The summed E-state index contributed by atoms with van der Waals surface area (Å²) >= 11 is 0. The van der Waals surface area contributed by atoms with E-state index in [-0.39, 0.29) is 11.1 Å². The third kappa shape index (κ3) is 3.61. The predicted octanol–water partition coefficient (Wildman–Crippen LogP) is 4.27. The normalized spacial score (nSPS) is 10.8. The van der Waals surface area contributed by atoms with Gasteiger partial charge in [-0.2, -0.15) is 0 Å². The minimum Gasteiger partial charge on any atom is -0.313 e. The van der Waals surface area contributed by atoms with Gasteiger partial charge in [-0.25, -0.2) is 13.2 Å². The van der Waals surface area contributed by atoms with Crippen molar-refractivity contribution < 1.29 is 13.2 Å². The zero-order valence-electron chi connectivity index (χ0n) is 11.2. The van der Waals surface area contributed by atoms with Crippen molar-refractivity contribution in [2.75, 3.05) is 6.54 Å². The topological polar surface area (TPSA) is 12.0 Å². The van der Waals surface area contributed by atoms with Crippen molar-refractivity contribution in [3.8, 4) is 11.1 Å². The molecule has 106 valence electrons. The van der Waals surface area contributed by atoms with Crippen LogP contribution in [0.1, 0.15) is 18.9 Å². The SMILES string of the molecule is CCCNCc1ccc(-c2cc(F)cc(F)c2)c(F)c1. The number of rotatable bonds is 5. The molecular weight excluding hydrogens is 263 g/mol. The fraction of sp³-hybridized carbons (Fsp3) is 0.250. The van der Waals surface area contributed by atoms with E-state index in [1.807, 2.05) is 0 Å². The van der Waals surface area contributed by atoms with E-state index in [4.69, 9.17) is 0 Å². The molecule has 0 bridgehead atoms. The molecule has 0 unspecified atom stereocenters. The van der Waals surface area contributed by atoms with Gasteiger partial charge in [-0.1, -0.05) is 19.1 Å². The molecule has 0 saturated heterocycles. The third-order valence-electron chi connectivity index (χ3n) is 2.96. The summed E-state index contributed by atoms with van der Waals surface area (Å²) in [5.74, 6) is -1.91. The van der Waals surface area contributed by atoms with Crippen LogP contribution in [-0.2, 0) is 6.54 Å². The van der Waals surface area contributed by atoms with Crippen molar-refractivity contribution in [2.24, 2.45) is 0 Å². The van der Waals surface area contributed by atoms with E-state index in [9.17, 15) is 13.2 Å². The second kappa shape index (κ2) is 6.57. The molecule has 0 aliphatic carbocycles. The quantitative estimate of drug-likeness (QED) is 0.806. The molecule has 0 radical (unpaired) electrons. The zero-order valence-corrected chi connectivity index (χ0v) is 11.2. The van der Waals surface area contributed by atoms with E-state index < -0.39 is 17.5 Å². The van der Waals surface area contributed by atoms with E-state index in [2.05, 4.69) is 12.2 Å². The van der Waals surface area contributed by atoms with Crippen LogP contribution in [0.3, 0.4) is 0 Å². The maximum atomic E-state index is 14.0. The fourth-order valence-corrected chi connectivity index (χ4v) is 2.02. The number of hydrogen-bond donors (Lipinski definition) is 1. The molecule has 1 nitrogen and oxygen atoms in total. The minimum absolute atomic E-state index is 0.197. The van der Waals surface area contributed by atoms with Gasteiger partial charge in [-0.15, -0.1) is 0 Å². The van der Waals surface area contributed by atoms with Crippen LogP contribution in [0.25, 0.3) is 11.1 Å². The van der Waals surface area contributed by atoms with Crippen LogP contribution in [0.4, 0.5) is 13.2 Å². The highest BCUT2D eigenvalue weighted by molar-refractivity contribution is 5.64. The van der Waals surface area contributed by atoms with Gasteiger partial charge in [0, 0.05) is 18.2 Å². The Hall–Kier alpha value is -1.81. The van der Waals surface area contributed by atoms with Gasteiger partial charge in [-0.05, 0) is 42.3 Å². The van der Waals surface area contributed by atoms with Crippen LogP contribution in [0.5, 0.6) is 0 Å². The molecule has 0 amide bonds. The maximum Gasteiger partial charge on any atom is 0.131 e. The number of halogens is 3. The van der Waals surface area contributed by atoms with Crippen molar-refractivity contribution >= 4 is 0 Å². The van der Waals surface area contributed by atoms with Crippen LogP contribution >= 0.6 is 0 Å². The van der Waals surface area contributed by atoms with Crippen molar-refractivity contribution in [3.63, 3.8) is 0 Å². The molecule has 0 fully saturated rings. The largest absolute Gasteiger partial charge is 0.313 e. The van der Waals surface area contributed by atoms with Gasteiger partial charge >= 0.3 is 0 Å². The average Bonchev–Trinajstić information content (AvgIpc) is 2.38. The maximum absolute atomic E-state index is 14.0. The molecule has 20 heavy (non-hydrogen) atoms. The van der Waals surface area contributed by atoms with Crippen LogP contribution in [0.2, 0.25) is 0 Å². The Kier molecular flexibility index (Phi) is 4.79. The molecule has 0 aromatic heterocycles. The first-order valence-corrected chi connectivity index (χ1v) is 6.55. The summed E-state index contributed by atoms with van der Waals surface area (Å²) in [6.45, 7) is 3.48. The first-order valence-electron chi connectivity index (χ1n) is 6.55. The minimum atomic E-state index is -0.715. The van der Waals surface area contributed by atoms with Crippen LogP contribution < -0.4 is 5.32 Å². The molecule has 0 aliphatic rings. The van der Waals surface area contributed by atoms with Crippen LogP contribution in [0, 0.1) is 17.5 Å². The first-order chi connectivity index (χ1) is 9.60. The summed E-state index contributed by atoms with van der Waals surface area (Å²) in [6, 6.07) is 7.70. The van der Waals surface area contributed by atoms with Crippen molar-refractivity contribution in [3.05, 3.63) is 59.4 Å². The molecular formula is C16H16F3N.